The van der Waals surface area contributed by atoms with Gasteiger partial charge < -0.3 is 19.7 Å². The molecular weight excluding hydrogens is 256 g/mol. The Labute approximate surface area is 108 Å². The maximum Gasteiger partial charge on any atom is 0.330 e. The number of nitrogens with zero attached hydrogens (tertiary/aromatic N) is 1. The third kappa shape index (κ3) is 2.47. The summed E-state index contributed by atoms with van der Waals surface area (Å²) < 4.78 is 12.0. The molecule has 106 valence electrons. The van der Waals surface area contributed by atoms with Crippen LogP contribution in [-0.4, -0.2) is 52.3 Å². The fourth-order valence-corrected chi connectivity index (χ4v) is 2.32. The molecule has 1 saturated heterocycles. The number of aromatic nitrogens is 2. The number of aliphatic hydroxyl groups excluding tert-OH is 2. The van der Waals surface area contributed by atoms with Crippen LogP contribution in [0.4, 0.5) is 0 Å². The first kappa shape index (κ1) is 13.9. The second-order valence-corrected chi connectivity index (χ2v) is 4.31. The smallest absolute Gasteiger partial charge is 0.330 e. The van der Waals surface area contributed by atoms with Crippen molar-refractivity contribution >= 4 is 0 Å². The molecule has 2 heterocycles. The van der Waals surface area contributed by atoms with Crippen molar-refractivity contribution in [3.8, 4) is 0 Å². The second kappa shape index (κ2) is 5.66. The Kier molecular flexibility index (Phi) is 4.15. The van der Waals surface area contributed by atoms with Gasteiger partial charge in [-0.05, 0) is 0 Å². The summed E-state index contributed by atoms with van der Waals surface area (Å²) in [6.07, 6.45) is -0.723. The highest BCUT2D eigenvalue weighted by Crippen LogP contribution is 2.34. The van der Waals surface area contributed by atoms with Crippen LogP contribution in [-0.2, 0) is 9.47 Å². The fourth-order valence-electron chi connectivity index (χ4n) is 2.32. The lowest BCUT2D eigenvalue weighted by Gasteiger charge is -2.21. The van der Waals surface area contributed by atoms with Crippen LogP contribution in [0.15, 0.2) is 21.9 Å². The fraction of sp³-hybridized carbons (Fsp3) is 0.636. The van der Waals surface area contributed by atoms with Crippen LogP contribution in [0.3, 0.4) is 0 Å². The van der Waals surface area contributed by atoms with Gasteiger partial charge in [0.25, 0.3) is 5.56 Å². The molecule has 4 atom stereocenters. The minimum absolute atomic E-state index is 0.238. The average molecular weight is 272 g/mol. The molecule has 0 saturated carbocycles. The Morgan fingerprint density at radius 2 is 2.16 bits per heavy atom. The molecule has 8 heteroatoms. The summed E-state index contributed by atoms with van der Waals surface area (Å²) >= 11 is 0. The summed E-state index contributed by atoms with van der Waals surface area (Å²) in [4.78, 5) is 24.9. The number of methoxy groups -OCH3 is 1. The number of nitrogens with one attached hydrogen (secondary N) is 1. The summed E-state index contributed by atoms with van der Waals surface area (Å²) in [5, 5.41) is 18.6. The zero-order valence-electron chi connectivity index (χ0n) is 10.4. The Bertz CT molecular complexity index is 538. The number of ether oxygens (including phenoxy) is 2. The zero-order chi connectivity index (χ0) is 14.0. The van der Waals surface area contributed by atoms with Gasteiger partial charge >= 0.3 is 5.69 Å². The summed E-state index contributed by atoms with van der Waals surface area (Å²) in [6, 6.07) is 1.19. The molecule has 8 nitrogen and oxygen atoms in total. The maximum absolute atomic E-state index is 11.7. The van der Waals surface area contributed by atoms with Gasteiger partial charge in [0.15, 0.2) is 6.23 Å². The molecule has 0 radical (unpaired) electrons. The van der Waals surface area contributed by atoms with Gasteiger partial charge in [-0.1, -0.05) is 0 Å². The van der Waals surface area contributed by atoms with Gasteiger partial charge in [-0.25, -0.2) is 4.79 Å². The highest BCUT2D eigenvalue weighted by atomic mass is 16.6. The van der Waals surface area contributed by atoms with Gasteiger partial charge in [-0.15, -0.1) is 0 Å². The van der Waals surface area contributed by atoms with E-state index < -0.39 is 35.6 Å². The number of H-pyrrole nitrogens is 1. The topological polar surface area (TPSA) is 114 Å². The van der Waals surface area contributed by atoms with E-state index in [4.69, 9.17) is 9.47 Å². The molecule has 3 N–H and O–H groups in total. The molecule has 1 aliphatic heterocycles. The van der Waals surface area contributed by atoms with E-state index in [0.29, 0.717) is 0 Å². The van der Waals surface area contributed by atoms with Crippen LogP contribution in [0.5, 0.6) is 0 Å². The van der Waals surface area contributed by atoms with E-state index in [-0.39, 0.29) is 13.2 Å². The van der Waals surface area contributed by atoms with Crippen molar-refractivity contribution in [3.63, 3.8) is 0 Å². The number of aromatic amines is 1. The lowest BCUT2D eigenvalue weighted by Crippen LogP contribution is -2.37. The van der Waals surface area contributed by atoms with Gasteiger partial charge in [-0.2, -0.15) is 0 Å². The van der Waals surface area contributed by atoms with E-state index in [1.54, 1.807) is 0 Å². The molecule has 0 bridgehead atoms. The third-order valence-corrected chi connectivity index (χ3v) is 3.28. The molecule has 0 aliphatic carbocycles. The molecule has 1 fully saturated rings. The van der Waals surface area contributed by atoms with E-state index in [0.717, 1.165) is 0 Å². The van der Waals surface area contributed by atoms with Crippen LogP contribution in [0.25, 0.3) is 0 Å². The number of rotatable bonds is 4. The van der Waals surface area contributed by atoms with Crippen LogP contribution in [0.1, 0.15) is 6.23 Å². The summed E-state index contributed by atoms with van der Waals surface area (Å²) in [5.74, 6) is -0.446. The SMILES string of the molecule is CO[C@H]1C(CO)[C@@H](CO)O[C@H]1n1ccc(=O)[nH]c1=O. The lowest BCUT2D eigenvalue weighted by atomic mass is 9.99. The minimum atomic E-state index is -0.802. The zero-order valence-corrected chi connectivity index (χ0v) is 10.4. The van der Waals surface area contributed by atoms with Crippen LogP contribution in [0, 0.1) is 5.92 Å². The standard InChI is InChI=1S/C11H16N2O6/c1-18-9-6(4-14)7(5-15)19-10(9)13-3-2-8(16)12-11(13)17/h2-3,6-7,9-10,14-15H,4-5H2,1H3,(H,12,16,17)/t6?,7-,9+,10-/m1/s1. The van der Waals surface area contributed by atoms with Crippen molar-refractivity contribution in [1.29, 1.82) is 0 Å². The summed E-state index contributed by atoms with van der Waals surface area (Å²) in [5.41, 5.74) is -1.14. The van der Waals surface area contributed by atoms with Gasteiger partial charge in [0.05, 0.1) is 19.3 Å². The molecule has 0 amide bonds. The van der Waals surface area contributed by atoms with Crippen LogP contribution < -0.4 is 11.2 Å². The Morgan fingerprint density at radius 1 is 1.42 bits per heavy atom. The molecule has 2 rings (SSSR count). The van der Waals surface area contributed by atoms with Gasteiger partial charge in [0.2, 0.25) is 0 Å². The first-order valence-electron chi connectivity index (χ1n) is 5.83. The van der Waals surface area contributed by atoms with E-state index in [9.17, 15) is 19.8 Å². The minimum Gasteiger partial charge on any atom is -0.396 e. The number of hydrogen-bond acceptors (Lipinski definition) is 6. The average Bonchev–Trinajstić information content (AvgIpc) is 2.76. The highest BCUT2D eigenvalue weighted by Gasteiger charge is 2.45. The van der Waals surface area contributed by atoms with E-state index in [1.165, 1.54) is 23.9 Å². The van der Waals surface area contributed by atoms with Crippen molar-refractivity contribution in [2.75, 3.05) is 20.3 Å². The Hall–Kier alpha value is -1.48. The van der Waals surface area contributed by atoms with Gasteiger partial charge in [0, 0.05) is 25.3 Å². The van der Waals surface area contributed by atoms with E-state index >= 15 is 0 Å². The normalized spacial score (nSPS) is 30.7. The molecule has 1 aromatic heterocycles. The predicted octanol–water partition coefficient (Wildman–Crippen LogP) is -1.95. The Balaban J connectivity index is 2.38. The molecule has 1 aliphatic rings. The van der Waals surface area contributed by atoms with Crippen molar-refractivity contribution < 1.29 is 19.7 Å². The lowest BCUT2D eigenvalue weighted by molar-refractivity contribution is -0.0625. The summed E-state index contributed by atoms with van der Waals surface area (Å²) in [7, 11) is 1.43. The van der Waals surface area contributed by atoms with Gasteiger partial charge in [-0.3, -0.25) is 14.3 Å². The van der Waals surface area contributed by atoms with E-state index in [2.05, 4.69) is 4.98 Å². The molecule has 19 heavy (non-hydrogen) atoms. The van der Waals surface area contributed by atoms with Crippen molar-refractivity contribution in [3.05, 3.63) is 33.1 Å². The monoisotopic (exact) mass is 272 g/mol. The molecule has 1 unspecified atom stereocenters. The van der Waals surface area contributed by atoms with Crippen molar-refractivity contribution in [2.45, 2.75) is 18.4 Å². The number of hydrogen-bond donors (Lipinski definition) is 3. The summed E-state index contributed by atoms with van der Waals surface area (Å²) in [6.45, 7) is -0.530. The largest absolute Gasteiger partial charge is 0.396 e. The molecule has 0 spiro atoms. The molecule has 1 aromatic rings. The first-order valence-corrected chi connectivity index (χ1v) is 5.83. The maximum atomic E-state index is 11.7. The number of aliphatic hydroxyl groups is 2. The Morgan fingerprint density at radius 3 is 2.68 bits per heavy atom. The predicted molar refractivity (Wildman–Crippen MR) is 63.7 cm³/mol. The van der Waals surface area contributed by atoms with Crippen molar-refractivity contribution in [1.82, 2.24) is 9.55 Å². The second-order valence-electron chi connectivity index (χ2n) is 4.31. The molecule has 0 aromatic carbocycles. The quantitative estimate of drug-likeness (QED) is 0.587. The van der Waals surface area contributed by atoms with Gasteiger partial charge in [0.1, 0.15) is 6.10 Å². The van der Waals surface area contributed by atoms with E-state index in [1.807, 2.05) is 0 Å². The first-order chi connectivity index (χ1) is 9.12. The van der Waals surface area contributed by atoms with Crippen LogP contribution >= 0.6 is 0 Å². The highest BCUT2D eigenvalue weighted by molar-refractivity contribution is 4.93. The van der Waals surface area contributed by atoms with Crippen molar-refractivity contribution in [2.24, 2.45) is 5.92 Å². The molecular formula is C11H16N2O6. The van der Waals surface area contributed by atoms with Crippen LogP contribution in [0.2, 0.25) is 0 Å². The third-order valence-electron chi connectivity index (χ3n) is 3.28.